The van der Waals surface area contributed by atoms with Crippen molar-refractivity contribution in [2.45, 2.75) is 32.4 Å². The molecule has 4 rings (SSSR count). The number of hydrogen-bond donors (Lipinski definition) is 1. The fourth-order valence-corrected chi connectivity index (χ4v) is 4.46. The molecule has 1 fully saturated rings. The van der Waals surface area contributed by atoms with Gasteiger partial charge in [-0.05, 0) is 62.1 Å². The van der Waals surface area contributed by atoms with E-state index in [-0.39, 0.29) is 17.9 Å². The van der Waals surface area contributed by atoms with Gasteiger partial charge in [0.15, 0.2) is 11.6 Å². The van der Waals surface area contributed by atoms with Crippen molar-refractivity contribution < 1.29 is 13.6 Å². The van der Waals surface area contributed by atoms with Crippen LogP contribution in [0.4, 0.5) is 8.78 Å². The molecule has 1 aliphatic rings. The number of benzene rings is 2. The first kappa shape index (κ1) is 22.1. The van der Waals surface area contributed by atoms with Crippen molar-refractivity contribution in [2.75, 3.05) is 13.1 Å². The normalized spacial score (nSPS) is 17.7. The average Bonchev–Trinajstić information content (AvgIpc) is 2.81. The van der Waals surface area contributed by atoms with Crippen molar-refractivity contribution in [3.8, 4) is 0 Å². The van der Waals surface area contributed by atoms with E-state index in [4.69, 9.17) is 0 Å². The molecule has 0 spiro atoms. The summed E-state index contributed by atoms with van der Waals surface area (Å²) in [5.41, 5.74) is 2.71. The van der Waals surface area contributed by atoms with Gasteiger partial charge in [-0.3, -0.25) is 14.7 Å². The Labute approximate surface area is 187 Å². The maximum Gasteiger partial charge on any atom is 0.252 e. The molecule has 0 radical (unpaired) electrons. The van der Waals surface area contributed by atoms with Gasteiger partial charge in [0.2, 0.25) is 0 Å². The van der Waals surface area contributed by atoms with Gasteiger partial charge in [-0.15, -0.1) is 0 Å². The molecule has 4 nitrogen and oxygen atoms in total. The number of carbonyl (C=O) groups is 1. The molecule has 0 bridgehead atoms. The summed E-state index contributed by atoms with van der Waals surface area (Å²) in [7, 11) is 0. The minimum absolute atomic E-state index is 0.100. The average molecular weight is 436 g/mol. The van der Waals surface area contributed by atoms with E-state index in [1.807, 2.05) is 49.4 Å². The van der Waals surface area contributed by atoms with Crippen LogP contribution in [0.15, 0.2) is 66.9 Å². The summed E-state index contributed by atoms with van der Waals surface area (Å²) in [6, 6.07) is 17.2. The number of rotatable bonds is 6. The summed E-state index contributed by atoms with van der Waals surface area (Å²) in [5, 5.41) is 3.20. The van der Waals surface area contributed by atoms with Gasteiger partial charge in [0.25, 0.3) is 5.91 Å². The standard InChI is InChI=1S/C26H27F2N3O/c1-18-8-2-3-11-21(18)26(32)30-25(23-13-4-5-14-29-23)20-10-7-15-31(17-20)16-19-9-6-12-22(27)24(19)28/h2-6,8-9,11-14,20,25H,7,10,15-17H2,1H3,(H,30,32)/t20-,25+/m1/s1. The monoisotopic (exact) mass is 435 g/mol. The summed E-state index contributed by atoms with van der Waals surface area (Å²) >= 11 is 0. The van der Waals surface area contributed by atoms with Crippen molar-refractivity contribution in [1.82, 2.24) is 15.2 Å². The Morgan fingerprint density at radius 1 is 1.12 bits per heavy atom. The third kappa shape index (κ3) is 5.02. The molecule has 0 unspecified atom stereocenters. The number of halogens is 2. The number of nitrogens with one attached hydrogen (secondary N) is 1. The van der Waals surface area contributed by atoms with E-state index in [2.05, 4.69) is 15.2 Å². The molecule has 2 aromatic carbocycles. The molecular formula is C26H27F2N3O. The summed E-state index contributed by atoms with van der Waals surface area (Å²) in [6.45, 7) is 3.71. The van der Waals surface area contributed by atoms with E-state index < -0.39 is 11.6 Å². The second-order valence-electron chi connectivity index (χ2n) is 8.37. The molecule has 166 valence electrons. The van der Waals surface area contributed by atoms with Gasteiger partial charge in [0, 0.05) is 30.4 Å². The van der Waals surface area contributed by atoms with Crippen LogP contribution in [-0.2, 0) is 6.54 Å². The Bertz CT molecular complexity index is 1070. The third-order valence-corrected chi connectivity index (χ3v) is 6.12. The molecule has 1 N–H and O–H groups in total. The molecule has 3 aromatic rings. The van der Waals surface area contributed by atoms with Crippen LogP contribution in [-0.4, -0.2) is 28.9 Å². The van der Waals surface area contributed by atoms with Crippen LogP contribution >= 0.6 is 0 Å². The van der Waals surface area contributed by atoms with Gasteiger partial charge in [0.1, 0.15) is 0 Å². The third-order valence-electron chi connectivity index (χ3n) is 6.12. The second-order valence-corrected chi connectivity index (χ2v) is 8.37. The highest BCUT2D eigenvalue weighted by atomic mass is 19.2. The molecule has 2 heterocycles. The molecular weight excluding hydrogens is 408 g/mol. The van der Waals surface area contributed by atoms with Gasteiger partial charge in [-0.2, -0.15) is 0 Å². The predicted molar refractivity (Wildman–Crippen MR) is 120 cm³/mol. The van der Waals surface area contributed by atoms with Crippen LogP contribution in [0.2, 0.25) is 0 Å². The largest absolute Gasteiger partial charge is 0.343 e. The number of amides is 1. The topological polar surface area (TPSA) is 45.2 Å². The SMILES string of the molecule is Cc1ccccc1C(=O)N[C@H](c1ccccn1)[C@@H]1CCCN(Cc2cccc(F)c2F)C1. The zero-order chi connectivity index (χ0) is 22.5. The number of nitrogens with zero attached hydrogens (tertiary/aromatic N) is 2. The van der Waals surface area contributed by atoms with Gasteiger partial charge in [-0.25, -0.2) is 8.78 Å². The van der Waals surface area contributed by atoms with E-state index in [9.17, 15) is 13.6 Å². The van der Waals surface area contributed by atoms with Gasteiger partial charge in [0.05, 0.1) is 11.7 Å². The lowest BCUT2D eigenvalue weighted by Gasteiger charge is -2.37. The Morgan fingerprint density at radius 2 is 1.94 bits per heavy atom. The minimum atomic E-state index is -0.826. The molecule has 0 saturated carbocycles. The highest BCUT2D eigenvalue weighted by molar-refractivity contribution is 5.95. The predicted octanol–water partition coefficient (Wildman–Crippen LogP) is 5.05. The number of pyridine rings is 1. The number of carbonyl (C=O) groups excluding carboxylic acids is 1. The molecule has 0 aliphatic carbocycles. The van der Waals surface area contributed by atoms with Crippen molar-refractivity contribution in [1.29, 1.82) is 0 Å². The quantitative estimate of drug-likeness (QED) is 0.589. The van der Waals surface area contributed by atoms with Crippen molar-refractivity contribution in [2.24, 2.45) is 5.92 Å². The lowest BCUT2D eigenvalue weighted by molar-refractivity contribution is 0.0873. The van der Waals surface area contributed by atoms with Gasteiger partial charge < -0.3 is 5.32 Å². The van der Waals surface area contributed by atoms with Gasteiger partial charge >= 0.3 is 0 Å². The molecule has 6 heteroatoms. The van der Waals surface area contributed by atoms with Crippen molar-refractivity contribution in [3.05, 3.63) is 101 Å². The summed E-state index contributed by atoms with van der Waals surface area (Å²) in [6.07, 6.45) is 3.55. The lowest BCUT2D eigenvalue weighted by Crippen LogP contribution is -2.43. The first-order valence-electron chi connectivity index (χ1n) is 11.0. The zero-order valence-electron chi connectivity index (χ0n) is 18.1. The fourth-order valence-electron chi connectivity index (χ4n) is 4.46. The van der Waals surface area contributed by atoms with E-state index in [1.165, 1.54) is 6.07 Å². The molecule has 32 heavy (non-hydrogen) atoms. The smallest absolute Gasteiger partial charge is 0.252 e. The Morgan fingerprint density at radius 3 is 2.72 bits per heavy atom. The number of aryl methyl sites for hydroxylation is 1. The van der Waals surface area contributed by atoms with Crippen LogP contribution in [0.25, 0.3) is 0 Å². The van der Waals surface area contributed by atoms with E-state index in [1.54, 1.807) is 12.3 Å². The Balaban J connectivity index is 1.55. The summed E-state index contributed by atoms with van der Waals surface area (Å²) in [5.74, 6) is -1.65. The van der Waals surface area contributed by atoms with Crippen LogP contribution in [0.3, 0.4) is 0 Å². The van der Waals surface area contributed by atoms with Crippen LogP contribution < -0.4 is 5.32 Å². The maximum absolute atomic E-state index is 14.2. The highest BCUT2D eigenvalue weighted by Gasteiger charge is 2.31. The highest BCUT2D eigenvalue weighted by Crippen LogP contribution is 2.30. The number of likely N-dealkylation sites (tertiary alicyclic amines) is 1. The minimum Gasteiger partial charge on any atom is -0.343 e. The summed E-state index contributed by atoms with van der Waals surface area (Å²) < 4.78 is 27.9. The van der Waals surface area contributed by atoms with Crippen LogP contribution in [0, 0.1) is 24.5 Å². The Hall–Kier alpha value is -3.12. The number of hydrogen-bond acceptors (Lipinski definition) is 3. The van der Waals surface area contributed by atoms with Crippen molar-refractivity contribution in [3.63, 3.8) is 0 Å². The maximum atomic E-state index is 14.2. The van der Waals surface area contributed by atoms with Crippen LogP contribution in [0.5, 0.6) is 0 Å². The fraction of sp³-hybridized carbons (Fsp3) is 0.308. The second kappa shape index (κ2) is 10.0. The first-order valence-corrected chi connectivity index (χ1v) is 11.0. The van der Waals surface area contributed by atoms with E-state index >= 15 is 0 Å². The summed E-state index contributed by atoms with van der Waals surface area (Å²) in [4.78, 5) is 19.7. The van der Waals surface area contributed by atoms with Gasteiger partial charge in [-0.1, -0.05) is 36.4 Å². The van der Waals surface area contributed by atoms with E-state index in [0.717, 1.165) is 36.7 Å². The zero-order valence-corrected chi connectivity index (χ0v) is 18.1. The van der Waals surface area contributed by atoms with E-state index in [0.29, 0.717) is 24.2 Å². The van der Waals surface area contributed by atoms with Crippen LogP contribution in [0.1, 0.15) is 46.1 Å². The van der Waals surface area contributed by atoms with Crippen molar-refractivity contribution >= 4 is 5.91 Å². The molecule has 1 amide bonds. The number of piperidine rings is 1. The molecule has 1 aliphatic heterocycles. The Kier molecular flexibility index (Phi) is 6.90. The molecule has 1 aromatic heterocycles. The number of aromatic nitrogens is 1. The first-order chi connectivity index (χ1) is 15.5. The molecule has 2 atom stereocenters. The molecule has 1 saturated heterocycles. The lowest BCUT2D eigenvalue weighted by atomic mass is 9.88.